The van der Waals surface area contributed by atoms with Crippen LogP contribution in [-0.4, -0.2) is 28.0 Å². The number of benzene rings is 1. The van der Waals surface area contributed by atoms with Gasteiger partial charge in [0, 0.05) is 36.5 Å². The standard InChI is InChI=1S/C15H21BrN4/c1-19(11-15-18-8-10-20(15)2)9-7-14(17)12-3-5-13(16)6-4-12/h3-6,8,10,14H,7,9,11,17H2,1-2H3. The molecular weight excluding hydrogens is 316 g/mol. The fourth-order valence-electron chi connectivity index (χ4n) is 2.11. The van der Waals surface area contributed by atoms with Crippen molar-refractivity contribution in [2.24, 2.45) is 12.8 Å². The Bertz CT molecular complexity index is 535. The van der Waals surface area contributed by atoms with E-state index in [2.05, 4.69) is 45.0 Å². The minimum absolute atomic E-state index is 0.0759. The van der Waals surface area contributed by atoms with Crippen LogP contribution < -0.4 is 5.73 Å². The SMILES string of the molecule is CN(CCC(N)c1ccc(Br)cc1)Cc1nccn1C. The van der Waals surface area contributed by atoms with Gasteiger partial charge in [0.05, 0.1) is 6.54 Å². The molecule has 1 unspecified atom stereocenters. The molecule has 0 spiro atoms. The lowest BCUT2D eigenvalue weighted by molar-refractivity contribution is 0.301. The summed E-state index contributed by atoms with van der Waals surface area (Å²) in [5.41, 5.74) is 7.41. The van der Waals surface area contributed by atoms with Crippen molar-refractivity contribution < 1.29 is 0 Å². The summed E-state index contributed by atoms with van der Waals surface area (Å²) in [4.78, 5) is 6.59. The molecule has 20 heavy (non-hydrogen) atoms. The van der Waals surface area contributed by atoms with E-state index in [4.69, 9.17) is 5.73 Å². The number of imidazole rings is 1. The van der Waals surface area contributed by atoms with Crippen LogP contribution in [0.25, 0.3) is 0 Å². The molecule has 108 valence electrons. The third kappa shape index (κ3) is 4.16. The summed E-state index contributed by atoms with van der Waals surface area (Å²) in [6.45, 7) is 1.79. The highest BCUT2D eigenvalue weighted by molar-refractivity contribution is 9.10. The van der Waals surface area contributed by atoms with Gasteiger partial charge in [-0.25, -0.2) is 4.98 Å². The van der Waals surface area contributed by atoms with Crippen LogP contribution in [-0.2, 0) is 13.6 Å². The average molecular weight is 337 g/mol. The largest absolute Gasteiger partial charge is 0.337 e. The second-order valence-electron chi connectivity index (χ2n) is 5.14. The first-order chi connectivity index (χ1) is 9.56. The second-order valence-corrected chi connectivity index (χ2v) is 6.05. The number of rotatable bonds is 6. The molecule has 2 rings (SSSR count). The van der Waals surface area contributed by atoms with E-state index in [1.165, 1.54) is 5.56 Å². The summed E-state index contributed by atoms with van der Waals surface area (Å²) in [5.74, 6) is 1.07. The van der Waals surface area contributed by atoms with E-state index in [1.807, 2.05) is 36.1 Å². The van der Waals surface area contributed by atoms with Crippen LogP contribution in [0, 0.1) is 0 Å². The first kappa shape index (κ1) is 15.2. The molecule has 1 heterocycles. The Labute approximate surface area is 128 Å². The topological polar surface area (TPSA) is 47.1 Å². The normalized spacial score (nSPS) is 12.8. The molecule has 1 aromatic heterocycles. The van der Waals surface area contributed by atoms with Crippen molar-refractivity contribution in [1.82, 2.24) is 14.5 Å². The summed E-state index contributed by atoms with van der Waals surface area (Å²) in [7, 11) is 4.12. The first-order valence-electron chi connectivity index (χ1n) is 6.72. The molecular formula is C15H21BrN4. The van der Waals surface area contributed by atoms with Crippen molar-refractivity contribution in [2.45, 2.75) is 19.0 Å². The van der Waals surface area contributed by atoms with Crippen molar-refractivity contribution in [1.29, 1.82) is 0 Å². The molecule has 0 saturated carbocycles. The van der Waals surface area contributed by atoms with Gasteiger partial charge in [0.2, 0.25) is 0 Å². The monoisotopic (exact) mass is 336 g/mol. The molecule has 1 aromatic carbocycles. The van der Waals surface area contributed by atoms with E-state index in [0.717, 1.165) is 29.8 Å². The van der Waals surface area contributed by atoms with Crippen LogP contribution in [0.2, 0.25) is 0 Å². The summed E-state index contributed by atoms with van der Waals surface area (Å²) < 4.78 is 3.13. The molecule has 2 N–H and O–H groups in total. The molecule has 1 atom stereocenters. The van der Waals surface area contributed by atoms with Crippen LogP contribution in [0.15, 0.2) is 41.1 Å². The van der Waals surface area contributed by atoms with Gasteiger partial charge in [-0.05, 0) is 31.2 Å². The minimum atomic E-state index is 0.0759. The Morgan fingerprint density at radius 1 is 1.35 bits per heavy atom. The molecule has 4 nitrogen and oxygen atoms in total. The fourth-order valence-corrected chi connectivity index (χ4v) is 2.37. The van der Waals surface area contributed by atoms with Crippen LogP contribution in [0.5, 0.6) is 0 Å². The number of nitrogens with zero attached hydrogens (tertiary/aromatic N) is 3. The lowest BCUT2D eigenvalue weighted by Crippen LogP contribution is -2.24. The van der Waals surface area contributed by atoms with Crippen molar-refractivity contribution in [2.75, 3.05) is 13.6 Å². The maximum Gasteiger partial charge on any atom is 0.122 e. The van der Waals surface area contributed by atoms with Crippen molar-refractivity contribution in [3.8, 4) is 0 Å². The molecule has 0 aliphatic carbocycles. The lowest BCUT2D eigenvalue weighted by Gasteiger charge is -2.19. The highest BCUT2D eigenvalue weighted by atomic mass is 79.9. The number of hydrogen-bond acceptors (Lipinski definition) is 3. The zero-order valence-electron chi connectivity index (χ0n) is 12.0. The van der Waals surface area contributed by atoms with Crippen molar-refractivity contribution in [3.63, 3.8) is 0 Å². The highest BCUT2D eigenvalue weighted by Crippen LogP contribution is 2.18. The summed E-state index contributed by atoms with van der Waals surface area (Å²) in [5, 5.41) is 0. The third-order valence-electron chi connectivity index (χ3n) is 3.45. The summed E-state index contributed by atoms with van der Waals surface area (Å²) >= 11 is 3.44. The van der Waals surface area contributed by atoms with Gasteiger partial charge in [-0.2, -0.15) is 0 Å². The van der Waals surface area contributed by atoms with E-state index in [1.54, 1.807) is 0 Å². The van der Waals surface area contributed by atoms with E-state index in [0.29, 0.717) is 0 Å². The van der Waals surface area contributed by atoms with Gasteiger partial charge >= 0.3 is 0 Å². The molecule has 0 aliphatic rings. The quantitative estimate of drug-likeness (QED) is 0.882. The van der Waals surface area contributed by atoms with E-state index in [9.17, 15) is 0 Å². The summed E-state index contributed by atoms with van der Waals surface area (Å²) in [6, 6.07) is 8.30. The number of aromatic nitrogens is 2. The number of halogens is 1. The van der Waals surface area contributed by atoms with E-state index in [-0.39, 0.29) is 6.04 Å². The van der Waals surface area contributed by atoms with Gasteiger partial charge in [-0.3, -0.25) is 4.90 Å². The van der Waals surface area contributed by atoms with Crippen LogP contribution in [0.1, 0.15) is 23.9 Å². The number of hydrogen-bond donors (Lipinski definition) is 1. The molecule has 0 saturated heterocycles. The number of aryl methyl sites for hydroxylation is 1. The molecule has 0 radical (unpaired) electrons. The maximum atomic E-state index is 6.23. The molecule has 0 aliphatic heterocycles. The van der Waals surface area contributed by atoms with Crippen molar-refractivity contribution in [3.05, 3.63) is 52.5 Å². The molecule has 5 heteroatoms. The number of nitrogens with two attached hydrogens (primary N) is 1. The lowest BCUT2D eigenvalue weighted by atomic mass is 10.0. The first-order valence-corrected chi connectivity index (χ1v) is 7.51. The Morgan fingerprint density at radius 2 is 2.05 bits per heavy atom. The molecule has 0 amide bonds. The fraction of sp³-hybridized carbons (Fsp3) is 0.400. The summed E-state index contributed by atoms with van der Waals surface area (Å²) in [6.07, 6.45) is 4.73. The van der Waals surface area contributed by atoms with Crippen molar-refractivity contribution >= 4 is 15.9 Å². The molecule has 0 fully saturated rings. The average Bonchev–Trinajstić information content (AvgIpc) is 2.82. The van der Waals surface area contributed by atoms with Gasteiger partial charge in [0.1, 0.15) is 5.82 Å². The van der Waals surface area contributed by atoms with Gasteiger partial charge in [-0.15, -0.1) is 0 Å². The van der Waals surface area contributed by atoms with E-state index >= 15 is 0 Å². The van der Waals surface area contributed by atoms with Gasteiger partial charge in [-0.1, -0.05) is 28.1 Å². The van der Waals surface area contributed by atoms with E-state index < -0.39 is 0 Å². The Hall–Kier alpha value is -1.17. The molecule has 2 aromatic rings. The zero-order valence-corrected chi connectivity index (χ0v) is 13.5. The van der Waals surface area contributed by atoms with Crippen LogP contribution in [0.4, 0.5) is 0 Å². The predicted molar refractivity (Wildman–Crippen MR) is 85.2 cm³/mol. The smallest absolute Gasteiger partial charge is 0.122 e. The zero-order chi connectivity index (χ0) is 14.5. The third-order valence-corrected chi connectivity index (χ3v) is 3.98. The Kier molecular flexibility index (Phi) is 5.34. The van der Waals surface area contributed by atoms with Gasteiger partial charge < -0.3 is 10.3 Å². The molecule has 0 bridgehead atoms. The van der Waals surface area contributed by atoms with Crippen LogP contribution in [0.3, 0.4) is 0 Å². The maximum absolute atomic E-state index is 6.23. The minimum Gasteiger partial charge on any atom is -0.337 e. The predicted octanol–water partition coefficient (Wildman–Crippen LogP) is 2.70. The highest BCUT2D eigenvalue weighted by Gasteiger charge is 2.09. The Balaban J connectivity index is 1.82. The second kappa shape index (κ2) is 7.02. The van der Waals surface area contributed by atoms with Gasteiger partial charge in [0.25, 0.3) is 0 Å². The van der Waals surface area contributed by atoms with Crippen LogP contribution >= 0.6 is 15.9 Å². The van der Waals surface area contributed by atoms with Gasteiger partial charge in [0.15, 0.2) is 0 Å². The Morgan fingerprint density at radius 3 is 2.65 bits per heavy atom.